The molecule has 2 nitrogen and oxygen atoms in total. The van der Waals surface area contributed by atoms with Gasteiger partial charge in [0.1, 0.15) is 0 Å². The van der Waals surface area contributed by atoms with Crippen LogP contribution in [-0.4, -0.2) is 5.54 Å². The van der Waals surface area contributed by atoms with E-state index in [1.807, 2.05) is 6.07 Å². The molecule has 14 heavy (non-hydrogen) atoms. The van der Waals surface area contributed by atoms with E-state index < -0.39 is 0 Å². The van der Waals surface area contributed by atoms with Crippen LogP contribution in [-0.2, 0) is 6.54 Å². The summed E-state index contributed by atoms with van der Waals surface area (Å²) in [5.41, 5.74) is 7.13. The lowest BCUT2D eigenvalue weighted by atomic mass is 10.0. The molecule has 0 aromatic carbocycles. The SMILES string of the molecule is CC1(NCc2sccc2N)CCCC1. The van der Waals surface area contributed by atoms with Gasteiger partial charge in [-0.25, -0.2) is 0 Å². The molecule has 1 heterocycles. The highest BCUT2D eigenvalue weighted by molar-refractivity contribution is 7.10. The molecule has 0 spiro atoms. The molecule has 3 heteroatoms. The smallest absolute Gasteiger partial charge is 0.0468 e. The van der Waals surface area contributed by atoms with Crippen molar-refractivity contribution in [3.63, 3.8) is 0 Å². The van der Waals surface area contributed by atoms with E-state index in [-0.39, 0.29) is 0 Å². The van der Waals surface area contributed by atoms with Crippen LogP contribution >= 0.6 is 11.3 Å². The predicted molar refractivity (Wildman–Crippen MR) is 62.4 cm³/mol. The summed E-state index contributed by atoms with van der Waals surface area (Å²) in [5.74, 6) is 0. The Morgan fingerprint density at radius 3 is 2.79 bits per heavy atom. The molecular formula is C11H18N2S. The predicted octanol–water partition coefficient (Wildman–Crippen LogP) is 2.75. The molecule has 1 saturated carbocycles. The zero-order valence-electron chi connectivity index (χ0n) is 8.68. The summed E-state index contributed by atoms with van der Waals surface area (Å²) in [6, 6.07) is 1.98. The molecule has 1 fully saturated rings. The van der Waals surface area contributed by atoms with Gasteiger partial charge in [0.15, 0.2) is 0 Å². The van der Waals surface area contributed by atoms with Crippen LogP contribution in [0.25, 0.3) is 0 Å². The van der Waals surface area contributed by atoms with Gasteiger partial charge in [0.25, 0.3) is 0 Å². The molecular weight excluding hydrogens is 192 g/mol. The van der Waals surface area contributed by atoms with Crippen molar-refractivity contribution in [2.45, 2.75) is 44.7 Å². The number of thiophene rings is 1. The molecule has 0 bridgehead atoms. The molecule has 0 unspecified atom stereocenters. The van der Waals surface area contributed by atoms with Gasteiger partial charge in [-0.15, -0.1) is 11.3 Å². The first kappa shape index (κ1) is 9.99. The maximum Gasteiger partial charge on any atom is 0.0468 e. The highest BCUT2D eigenvalue weighted by Crippen LogP contribution is 2.30. The molecule has 1 aromatic rings. The van der Waals surface area contributed by atoms with E-state index in [9.17, 15) is 0 Å². The minimum atomic E-state index is 0.358. The van der Waals surface area contributed by atoms with E-state index in [1.165, 1.54) is 30.6 Å². The van der Waals surface area contributed by atoms with Crippen LogP contribution in [0.2, 0.25) is 0 Å². The van der Waals surface area contributed by atoms with Gasteiger partial charge in [-0.2, -0.15) is 0 Å². The molecule has 0 aliphatic heterocycles. The van der Waals surface area contributed by atoms with Gasteiger partial charge >= 0.3 is 0 Å². The zero-order valence-corrected chi connectivity index (χ0v) is 9.49. The van der Waals surface area contributed by atoms with Crippen LogP contribution in [0, 0.1) is 0 Å². The Morgan fingerprint density at radius 1 is 1.50 bits per heavy atom. The highest BCUT2D eigenvalue weighted by atomic mass is 32.1. The van der Waals surface area contributed by atoms with Crippen molar-refractivity contribution < 1.29 is 0 Å². The molecule has 2 rings (SSSR count). The molecule has 1 aromatic heterocycles. The second-order valence-corrected chi connectivity index (χ2v) is 5.42. The van der Waals surface area contributed by atoms with Gasteiger partial charge < -0.3 is 11.1 Å². The number of nitrogens with two attached hydrogens (primary N) is 1. The van der Waals surface area contributed by atoms with Gasteiger partial charge in [-0.1, -0.05) is 12.8 Å². The Bertz CT molecular complexity index is 300. The topological polar surface area (TPSA) is 38.0 Å². The average molecular weight is 210 g/mol. The van der Waals surface area contributed by atoms with E-state index in [0.717, 1.165) is 12.2 Å². The minimum Gasteiger partial charge on any atom is -0.398 e. The average Bonchev–Trinajstić information content (AvgIpc) is 2.73. The molecule has 0 amide bonds. The Kier molecular flexibility index (Phi) is 2.79. The number of hydrogen-bond acceptors (Lipinski definition) is 3. The third-order valence-corrected chi connectivity index (χ3v) is 4.10. The summed E-state index contributed by atoms with van der Waals surface area (Å²) in [7, 11) is 0. The molecule has 0 radical (unpaired) electrons. The first-order valence-corrected chi connectivity index (χ1v) is 6.14. The zero-order chi connectivity index (χ0) is 10.0. The molecule has 3 N–H and O–H groups in total. The lowest BCUT2D eigenvalue weighted by molar-refractivity contribution is 0.364. The summed E-state index contributed by atoms with van der Waals surface area (Å²) >= 11 is 1.74. The van der Waals surface area contributed by atoms with E-state index in [1.54, 1.807) is 11.3 Å². The van der Waals surface area contributed by atoms with Crippen molar-refractivity contribution in [3.8, 4) is 0 Å². The van der Waals surface area contributed by atoms with Crippen LogP contribution < -0.4 is 11.1 Å². The van der Waals surface area contributed by atoms with E-state index >= 15 is 0 Å². The Balaban J connectivity index is 1.91. The summed E-state index contributed by atoms with van der Waals surface area (Å²) in [6.07, 6.45) is 5.34. The number of anilines is 1. The number of rotatable bonds is 3. The van der Waals surface area contributed by atoms with Crippen LogP contribution in [0.1, 0.15) is 37.5 Å². The van der Waals surface area contributed by atoms with Crippen LogP contribution in [0.3, 0.4) is 0 Å². The molecule has 1 aliphatic rings. The van der Waals surface area contributed by atoms with E-state index in [2.05, 4.69) is 17.6 Å². The summed E-state index contributed by atoms with van der Waals surface area (Å²) in [6.45, 7) is 3.25. The van der Waals surface area contributed by atoms with Crippen LogP contribution in [0.15, 0.2) is 11.4 Å². The number of nitrogen functional groups attached to an aromatic ring is 1. The maximum atomic E-state index is 5.84. The van der Waals surface area contributed by atoms with E-state index in [0.29, 0.717) is 5.54 Å². The van der Waals surface area contributed by atoms with Crippen molar-refractivity contribution in [2.24, 2.45) is 0 Å². The summed E-state index contributed by atoms with van der Waals surface area (Å²) in [4.78, 5) is 1.28. The normalized spacial score (nSPS) is 20.1. The van der Waals surface area contributed by atoms with Crippen molar-refractivity contribution in [2.75, 3.05) is 5.73 Å². The van der Waals surface area contributed by atoms with Gasteiger partial charge in [0.05, 0.1) is 0 Å². The molecule has 0 saturated heterocycles. The van der Waals surface area contributed by atoms with Crippen molar-refractivity contribution in [3.05, 3.63) is 16.3 Å². The van der Waals surface area contributed by atoms with Gasteiger partial charge in [-0.05, 0) is 31.2 Å². The summed E-state index contributed by atoms with van der Waals surface area (Å²) < 4.78 is 0. The first-order valence-electron chi connectivity index (χ1n) is 5.26. The number of hydrogen-bond donors (Lipinski definition) is 2. The third kappa shape index (κ3) is 2.10. The summed E-state index contributed by atoms with van der Waals surface area (Å²) in [5, 5.41) is 5.69. The van der Waals surface area contributed by atoms with Gasteiger partial charge in [0, 0.05) is 22.6 Å². The fraction of sp³-hybridized carbons (Fsp3) is 0.636. The largest absolute Gasteiger partial charge is 0.398 e. The maximum absolute atomic E-state index is 5.84. The van der Waals surface area contributed by atoms with Crippen LogP contribution in [0.4, 0.5) is 5.69 Å². The number of nitrogens with one attached hydrogen (secondary N) is 1. The second kappa shape index (κ2) is 3.91. The monoisotopic (exact) mass is 210 g/mol. The minimum absolute atomic E-state index is 0.358. The van der Waals surface area contributed by atoms with Gasteiger partial charge in [0.2, 0.25) is 0 Å². The van der Waals surface area contributed by atoms with Crippen molar-refractivity contribution >= 4 is 17.0 Å². The fourth-order valence-corrected chi connectivity index (χ4v) is 2.86. The van der Waals surface area contributed by atoms with E-state index in [4.69, 9.17) is 5.73 Å². The molecule has 78 valence electrons. The lowest BCUT2D eigenvalue weighted by Crippen LogP contribution is -2.38. The highest BCUT2D eigenvalue weighted by Gasteiger charge is 2.27. The van der Waals surface area contributed by atoms with Gasteiger partial charge in [-0.3, -0.25) is 0 Å². The Morgan fingerprint density at radius 2 is 2.21 bits per heavy atom. The Labute approximate surface area is 89.5 Å². The third-order valence-electron chi connectivity index (χ3n) is 3.16. The first-order chi connectivity index (χ1) is 6.70. The van der Waals surface area contributed by atoms with Crippen LogP contribution in [0.5, 0.6) is 0 Å². The van der Waals surface area contributed by atoms with Crippen molar-refractivity contribution in [1.82, 2.24) is 5.32 Å². The molecule has 0 atom stereocenters. The standard InChI is InChI=1S/C11H18N2S/c1-11(5-2-3-6-11)13-8-10-9(12)4-7-14-10/h4,7,13H,2-3,5-6,8,12H2,1H3. The fourth-order valence-electron chi connectivity index (χ4n) is 2.12. The Hall–Kier alpha value is -0.540. The second-order valence-electron chi connectivity index (χ2n) is 4.42. The van der Waals surface area contributed by atoms with Crippen molar-refractivity contribution in [1.29, 1.82) is 0 Å². The molecule has 1 aliphatic carbocycles. The lowest BCUT2D eigenvalue weighted by Gasteiger charge is -2.25. The quantitative estimate of drug-likeness (QED) is 0.805.